The van der Waals surface area contributed by atoms with Crippen molar-refractivity contribution in [1.29, 1.82) is 0 Å². The van der Waals surface area contributed by atoms with Crippen molar-refractivity contribution in [2.75, 3.05) is 0 Å². The first-order valence-corrected chi connectivity index (χ1v) is 15.2. The molecule has 1 N–H and O–H groups in total. The maximum atomic E-state index is 13.5. The lowest BCUT2D eigenvalue weighted by Gasteiger charge is -2.23. The minimum absolute atomic E-state index is 0.0586. The van der Waals surface area contributed by atoms with Crippen LogP contribution in [0.4, 0.5) is 5.00 Å². The van der Waals surface area contributed by atoms with Gasteiger partial charge in [-0.15, -0.1) is 11.3 Å². The molecular formula is C31H31Cl2N3OS. The third-order valence-corrected chi connectivity index (χ3v) is 9.60. The van der Waals surface area contributed by atoms with Gasteiger partial charge in [-0.3, -0.25) is 4.79 Å². The van der Waals surface area contributed by atoms with Crippen LogP contribution >= 0.6 is 34.5 Å². The number of nitrogens with one attached hydrogen (secondary N) is 1. The summed E-state index contributed by atoms with van der Waals surface area (Å²) in [6.07, 6.45) is 14.2. The zero-order chi connectivity index (χ0) is 26.1. The minimum atomic E-state index is 0.0586. The molecule has 1 amide bonds. The summed E-state index contributed by atoms with van der Waals surface area (Å²) >= 11 is 14.3. The highest BCUT2D eigenvalue weighted by atomic mass is 35.5. The third kappa shape index (κ3) is 5.29. The highest BCUT2D eigenvalue weighted by molar-refractivity contribution is 7.16. The van der Waals surface area contributed by atoms with Gasteiger partial charge >= 0.3 is 0 Å². The molecule has 0 saturated heterocycles. The van der Waals surface area contributed by atoms with E-state index in [2.05, 4.69) is 28.2 Å². The van der Waals surface area contributed by atoms with Gasteiger partial charge in [-0.2, -0.15) is 0 Å². The summed E-state index contributed by atoms with van der Waals surface area (Å²) in [5.74, 6) is 0.0586. The minimum Gasteiger partial charge on any atom is -0.349 e. The average Bonchev–Trinajstić information content (AvgIpc) is 3.47. The maximum Gasteiger partial charge on any atom is 0.254 e. The van der Waals surface area contributed by atoms with E-state index in [1.54, 1.807) is 17.4 Å². The second-order valence-electron chi connectivity index (χ2n) is 10.4. The fourth-order valence-electron chi connectivity index (χ4n) is 5.85. The molecule has 196 valence electrons. The number of nitrogens with zero attached hydrogens (tertiary/aromatic N) is 2. The van der Waals surface area contributed by atoms with Crippen molar-refractivity contribution in [3.05, 3.63) is 85.8 Å². The fraction of sp³-hybridized carbons (Fsp3) is 0.355. The number of aliphatic imine (C=N–C) groups is 1. The Bertz CT molecular complexity index is 1510. The standard InChI is InChI=1S/C31H31Cl2N3OS/c32-22-15-14-20(26(33)16-22)18-36-19-21(24-10-4-6-12-27(24)36)17-34-31-29(25-11-5-7-13-28(25)38-31)30(37)35-23-8-2-1-3-9-23/h4,6,10,12,14-17,19,23H,1-3,5,7-9,11,13,18H2,(H,35,37)/b34-17+. The number of aryl methyl sites for hydroxylation is 1. The molecule has 0 spiro atoms. The molecule has 1 fully saturated rings. The Labute approximate surface area is 237 Å². The summed E-state index contributed by atoms with van der Waals surface area (Å²) in [5.41, 5.74) is 5.18. The lowest BCUT2D eigenvalue weighted by molar-refractivity contribution is 0.0927. The van der Waals surface area contributed by atoms with E-state index in [1.807, 2.05) is 30.5 Å². The predicted octanol–water partition coefficient (Wildman–Crippen LogP) is 8.75. The molecule has 38 heavy (non-hydrogen) atoms. The summed E-state index contributed by atoms with van der Waals surface area (Å²) in [4.78, 5) is 19.9. The molecule has 1 saturated carbocycles. The van der Waals surface area contributed by atoms with Crippen molar-refractivity contribution in [1.82, 2.24) is 9.88 Å². The average molecular weight is 565 g/mol. The molecule has 2 aromatic heterocycles. The summed E-state index contributed by atoms with van der Waals surface area (Å²) in [7, 11) is 0. The van der Waals surface area contributed by atoms with Crippen molar-refractivity contribution in [3.8, 4) is 0 Å². The molecule has 2 aromatic carbocycles. The molecule has 7 heteroatoms. The number of carbonyl (C=O) groups excluding carboxylic acids is 1. The van der Waals surface area contributed by atoms with Gasteiger partial charge < -0.3 is 9.88 Å². The van der Waals surface area contributed by atoms with E-state index in [9.17, 15) is 4.79 Å². The van der Waals surface area contributed by atoms with Gasteiger partial charge in [0.05, 0.1) is 5.56 Å². The van der Waals surface area contributed by atoms with Gasteiger partial charge in [0.2, 0.25) is 0 Å². The summed E-state index contributed by atoms with van der Waals surface area (Å²) in [6.45, 7) is 0.632. The first kappa shape index (κ1) is 25.7. The van der Waals surface area contributed by atoms with Crippen molar-refractivity contribution in [2.24, 2.45) is 4.99 Å². The normalized spacial score (nSPS) is 16.3. The third-order valence-electron chi connectivity index (χ3n) is 7.82. The van der Waals surface area contributed by atoms with Gasteiger partial charge in [0.1, 0.15) is 5.00 Å². The molecule has 0 radical (unpaired) electrons. The number of halogens is 2. The van der Waals surface area contributed by atoms with Gasteiger partial charge in [-0.1, -0.05) is 66.7 Å². The molecule has 0 bridgehead atoms. The Morgan fingerprint density at radius 2 is 1.87 bits per heavy atom. The molecule has 0 atom stereocenters. The second-order valence-corrected chi connectivity index (χ2v) is 12.4. The Balaban J connectivity index is 1.33. The van der Waals surface area contributed by atoms with Crippen LogP contribution in [0.2, 0.25) is 10.0 Å². The Hall–Kier alpha value is -2.60. The maximum absolute atomic E-state index is 13.5. The SMILES string of the molecule is O=C(NC1CCCCC1)c1c(/N=C/c2cn(Cc3ccc(Cl)cc3Cl)c3ccccc23)sc2c1CCCC2. The van der Waals surface area contributed by atoms with Crippen LogP contribution < -0.4 is 5.32 Å². The number of benzene rings is 2. The van der Waals surface area contributed by atoms with Gasteiger partial charge in [0, 0.05) is 56.4 Å². The van der Waals surface area contributed by atoms with Gasteiger partial charge in [-0.05, 0) is 67.9 Å². The summed E-state index contributed by atoms with van der Waals surface area (Å²) in [5, 5.41) is 6.59. The number of rotatable bonds is 6. The van der Waals surface area contributed by atoms with Crippen LogP contribution in [-0.4, -0.2) is 22.7 Å². The number of thiophene rings is 1. The predicted molar refractivity (Wildman–Crippen MR) is 160 cm³/mol. The van der Waals surface area contributed by atoms with Crippen LogP contribution in [0.15, 0.2) is 53.7 Å². The van der Waals surface area contributed by atoms with Crippen LogP contribution in [0.25, 0.3) is 10.9 Å². The van der Waals surface area contributed by atoms with Crippen molar-refractivity contribution in [2.45, 2.75) is 70.4 Å². The van der Waals surface area contributed by atoms with Crippen molar-refractivity contribution in [3.63, 3.8) is 0 Å². The summed E-state index contributed by atoms with van der Waals surface area (Å²) < 4.78 is 2.20. The van der Waals surface area contributed by atoms with Gasteiger partial charge in [0.15, 0.2) is 0 Å². The monoisotopic (exact) mass is 563 g/mol. The van der Waals surface area contributed by atoms with E-state index in [0.29, 0.717) is 16.6 Å². The van der Waals surface area contributed by atoms with Crippen LogP contribution in [0.5, 0.6) is 0 Å². The lowest BCUT2D eigenvalue weighted by atomic mass is 9.93. The van der Waals surface area contributed by atoms with Crippen LogP contribution in [0.1, 0.15) is 76.9 Å². The molecule has 4 nitrogen and oxygen atoms in total. The zero-order valence-corrected chi connectivity index (χ0v) is 23.6. The fourth-order valence-corrected chi connectivity index (χ4v) is 7.55. The number of para-hydroxylation sites is 1. The molecule has 4 aromatic rings. The smallest absolute Gasteiger partial charge is 0.254 e. The molecule has 6 rings (SSSR count). The first-order valence-electron chi connectivity index (χ1n) is 13.6. The van der Waals surface area contributed by atoms with E-state index in [4.69, 9.17) is 28.2 Å². The number of carbonyl (C=O) groups is 1. The van der Waals surface area contributed by atoms with Gasteiger partial charge in [0.25, 0.3) is 5.91 Å². The van der Waals surface area contributed by atoms with E-state index in [-0.39, 0.29) is 11.9 Å². The molecule has 0 aliphatic heterocycles. The number of aromatic nitrogens is 1. The molecule has 2 aliphatic rings. The van der Waals surface area contributed by atoms with Crippen LogP contribution in [0.3, 0.4) is 0 Å². The van der Waals surface area contributed by atoms with Crippen LogP contribution in [0, 0.1) is 0 Å². The van der Waals surface area contributed by atoms with E-state index in [0.717, 1.165) is 64.7 Å². The Morgan fingerprint density at radius 3 is 2.71 bits per heavy atom. The highest BCUT2D eigenvalue weighted by Crippen LogP contribution is 2.40. The molecule has 0 unspecified atom stereocenters. The van der Waals surface area contributed by atoms with Crippen molar-refractivity contribution >= 4 is 62.6 Å². The largest absolute Gasteiger partial charge is 0.349 e. The van der Waals surface area contributed by atoms with Crippen LogP contribution in [-0.2, 0) is 19.4 Å². The zero-order valence-electron chi connectivity index (χ0n) is 21.3. The summed E-state index contributed by atoms with van der Waals surface area (Å²) in [6, 6.07) is 14.2. The molecule has 2 heterocycles. The molecular weight excluding hydrogens is 533 g/mol. The second kappa shape index (κ2) is 11.3. The quantitative estimate of drug-likeness (QED) is 0.234. The number of fused-ring (bicyclic) bond motifs is 2. The molecule has 2 aliphatic carbocycles. The first-order chi connectivity index (χ1) is 18.6. The highest BCUT2D eigenvalue weighted by Gasteiger charge is 2.27. The van der Waals surface area contributed by atoms with E-state index >= 15 is 0 Å². The van der Waals surface area contributed by atoms with E-state index < -0.39 is 0 Å². The topological polar surface area (TPSA) is 46.4 Å². The lowest BCUT2D eigenvalue weighted by Crippen LogP contribution is -2.36. The van der Waals surface area contributed by atoms with Crippen molar-refractivity contribution < 1.29 is 4.79 Å². The van der Waals surface area contributed by atoms with E-state index in [1.165, 1.54) is 36.1 Å². The number of hydrogen-bond acceptors (Lipinski definition) is 3. The van der Waals surface area contributed by atoms with Gasteiger partial charge in [-0.25, -0.2) is 4.99 Å². The number of amides is 1. The number of hydrogen-bond donors (Lipinski definition) is 1. The Kier molecular flexibility index (Phi) is 7.60. The Morgan fingerprint density at radius 1 is 1.05 bits per heavy atom.